The fraction of sp³-hybridized carbons (Fsp3) is 0.478. The minimum absolute atomic E-state index is 0.279. The number of alkyl halides is 3. The van der Waals surface area contributed by atoms with Crippen molar-refractivity contribution in [2.45, 2.75) is 31.4 Å². The highest BCUT2D eigenvalue weighted by Gasteiger charge is 2.32. The summed E-state index contributed by atoms with van der Waals surface area (Å²) < 4.78 is 39.0. The number of likely N-dealkylation sites (tertiary alicyclic amines) is 1. The zero-order valence-electron chi connectivity index (χ0n) is 17.8. The largest absolute Gasteiger partial charge is 0.378 e. The average molecular weight is 445 g/mol. The standard InChI is InChI=1S/C23H27F3N6/c24-7-1-8-31-12-16(13-31)29-15-2-4-21(27-10-15)23-18-3-5-20-19(11-28-30-20)17(18)6-9-32(23)14-22(25)26/h2-5,10-11,16,22-23,29H,1,6-9,12-14H2,(H,28,30). The van der Waals surface area contributed by atoms with Gasteiger partial charge in [-0.1, -0.05) is 6.07 Å². The Labute approximate surface area is 184 Å². The van der Waals surface area contributed by atoms with Crippen molar-refractivity contribution in [1.82, 2.24) is 25.0 Å². The van der Waals surface area contributed by atoms with Gasteiger partial charge < -0.3 is 5.32 Å². The maximum absolute atomic E-state index is 13.3. The number of aromatic nitrogens is 3. The van der Waals surface area contributed by atoms with Gasteiger partial charge in [-0.2, -0.15) is 5.10 Å². The van der Waals surface area contributed by atoms with Crippen LogP contribution in [0.1, 0.15) is 29.3 Å². The van der Waals surface area contributed by atoms with Crippen LogP contribution >= 0.6 is 0 Å². The van der Waals surface area contributed by atoms with Crippen LogP contribution in [0, 0.1) is 0 Å². The number of H-pyrrole nitrogens is 1. The number of nitrogens with one attached hydrogen (secondary N) is 2. The second kappa shape index (κ2) is 9.07. The highest BCUT2D eigenvalue weighted by Crippen LogP contribution is 2.37. The average Bonchev–Trinajstić information content (AvgIpc) is 3.24. The summed E-state index contributed by atoms with van der Waals surface area (Å²) in [7, 11) is 0. The summed E-state index contributed by atoms with van der Waals surface area (Å²) >= 11 is 0. The molecule has 1 saturated heterocycles. The number of nitrogens with zero attached hydrogens (tertiary/aromatic N) is 4. The van der Waals surface area contributed by atoms with Crippen molar-refractivity contribution in [2.24, 2.45) is 0 Å². The number of pyridine rings is 1. The molecule has 2 aliphatic heterocycles. The third-order valence-electron chi connectivity index (χ3n) is 6.46. The summed E-state index contributed by atoms with van der Waals surface area (Å²) in [5.41, 5.74) is 4.79. The quantitative estimate of drug-likeness (QED) is 0.556. The highest BCUT2D eigenvalue weighted by molar-refractivity contribution is 5.83. The molecule has 1 aromatic carbocycles. The molecule has 2 aliphatic rings. The van der Waals surface area contributed by atoms with E-state index in [1.807, 2.05) is 35.4 Å². The van der Waals surface area contributed by atoms with E-state index in [4.69, 9.17) is 0 Å². The lowest BCUT2D eigenvalue weighted by molar-refractivity contribution is 0.0696. The van der Waals surface area contributed by atoms with Gasteiger partial charge in [-0.3, -0.25) is 24.3 Å². The number of rotatable bonds is 8. The third-order valence-corrected chi connectivity index (χ3v) is 6.46. The molecule has 3 aromatic rings. The number of aromatic amines is 1. The molecular weight excluding hydrogens is 417 g/mol. The van der Waals surface area contributed by atoms with E-state index in [0.29, 0.717) is 25.4 Å². The van der Waals surface area contributed by atoms with Crippen molar-refractivity contribution < 1.29 is 13.2 Å². The first kappa shape index (κ1) is 21.2. The Morgan fingerprint density at radius 3 is 2.78 bits per heavy atom. The molecule has 6 nitrogen and oxygen atoms in total. The highest BCUT2D eigenvalue weighted by atomic mass is 19.3. The second-order valence-electron chi connectivity index (χ2n) is 8.62. The Morgan fingerprint density at radius 2 is 2.03 bits per heavy atom. The fourth-order valence-electron chi connectivity index (χ4n) is 4.94. The molecule has 1 unspecified atom stereocenters. The van der Waals surface area contributed by atoms with Crippen LogP contribution < -0.4 is 5.32 Å². The molecule has 0 bridgehead atoms. The molecule has 2 aromatic heterocycles. The molecular formula is C23H27F3N6. The minimum Gasteiger partial charge on any atom is -0.378 e. The normalized spacial score (nSPS) is 19.9. The number of halogens is 3. The Kier molecular flexibility index (Phi) is 6.01. The summed E-state index contributed by atoms with van der Waals surface area (Å²) in [6.45, 7) is 2.55. The first-order valence-electron chi connectivity index (χ1n) is 11.1. The molecule has 0 saturated carbocycles. The molecule has 1 fully saturated rings. The molecule has 4 heterocycles. The molecule has 1 atom stereocenters. The molecule has 0 aliphatic carbocycles. The molecule has 0 spiro atoms. The lowest BCUT2D eigenvalue weighted by atomic mass is 9.88. The fourth-order valence-corrected chi connectivity index (χ4v) is 4.94. The van der Waals surface area contributed by atoms with Crippen LogP contribution in [0.4, 0.5) is 18.9 Å². The van der Waals surface area contributed by atoms with Crippen LogP contribution in [0.3, 0.4) is 0 Å². The molecule has 2 N–H and O–H groups in total. The Morgan fingerprint density at radius 1 is 1.16 bits per heavy atom. The van der Waals surface area contributed by atoms with E-state index in [0.717, 1.165) is 53.0 Å². The van der Waals surface area contributed by atoms with Crippen molar-refractivity contribution in [1.29, 1.82) is 0 Å². The van der Waals surface area contributed by atoms with Gasteiger partial charge in [0.2, 0.25) is 0 Å². The van der Waals surface area contributed by atoms with E-state index in [1.54, 1.807) is 6.20 Å². The Balaban J connectivity index is 1.36. The first-order valence-corrected chi connectivity index (χ1v) is 11.1. The van der Waals surface area contributed by atoms with Gasteiger partial charge in [0, 0.05) is 31.6 Å². The molecule has 5 rings (SSSR count). The van der Waals surface area contributed by atoms with E-state index in [-0.39, 0.29) is 19.3 Å². The van der Waals surface area contributed by atoms with Gasteiger partial charge in [-0.25, -0.2) is 8.78 Å². The number of benzene rings is 1. The summed E-state index contributed by atoms with van der Waals surface area (Å²) in [5, 5.41) is 11.6. The molecule has 32 heavy (non-hydrogen) atoms. The van der Waals surface area contributed by atoms with Crippen LogP contribution in [-0.4, -0.2) is 76.8 Å². The van der Waals surface area contributed by atoms with Gasteiger partial charge in [0.25, 0.3) is 6.43 Å². The van der Waals surface area contributed by atoms with Gasteiger partial charge in [-0.15, -0.1) is 0 Å². The van der Waals surface area contributed by atoms with Crippen molar-refractivity contribution in [3.63, 3.8) is 0 Å². The first-order chi connectivity index (χ1) is 15.6. The van der Waals surface area contributed by atoms with Crippen LogP contribution in [0.5, 0.6) is 0 Å². The smallest absolute Gasteiger partial charge is 0.251 e. The number of fused-ring (bicyclic) bond motifs is 3. The number of hydrogen-bond donors (Lipinski definition) is 2. The van der Waals surface area contributed by atoms with E-state index >= 15 is 0 Å². The molecule has 0 amide bonds. The van der Waals surface area contributed by atoms with E-state index in [1.165, 1.54) is 0 Å². The lowest BCUT2D eigenvalue weighted by Gasteiger charge is -2.40. The number of hydrogen-bond acceptors (Lipinski definition) is 5. The van der Waals surface area contributed by atoms with Crippen LogP contribution in [0.2, 0.25) is 0 Å². The van der Waals surface area contributed by atoms with Gasteiger partial charge in [0.15, 0.2) is 0 Å². The zero-order valence-corrected chi connectivity index (χ0v) is 17.8. The van der Waals surface area contributed by atoms with Gasteiger partial charge in [0.1, 0.15) is 0 Å². The van der Waals surface area contributed by atoms with Crippen LogP contribution in [0.25, 0.3) is 10.9 Å². The van der Waals surface area contributed by atoms with E-state index in [2.05, 4.69) is 25.4 Å². The van der Waals surface area contributed by atoms with Gasteiger partial charge in [0.05, 0.1) is 54.6 Å². The molecule has 9 heteroatoms. The van der Waals surface area contributed by atoms with Gasteiger partial charge in [-0.05, 0) is 42.2 Å². The maximum atomic E-state index is 13.3. The molecule has 0 radical (unpaired) electrons. The minimum atomic E-state index is -2.41. The predicted molar refractivity (Wildman–Crippen MR) is 118 cm³/mol. The topological polar surface area (TPSA) is 60.1 Å². The summed E-state index contributed by atoms with van der Waals surface area (Å²) in [4.78, 5) is 8.71. The maximum Gasteiger partial charge on any atom is 0.251 e. The monoisotopic (exact) mass is 444 g/mol. The van der Waals surface area contributed by atoms with Crippen LogP contribution in [0.15, 0.2) is 36.7 Å². The van der Waals surface area contributed by atoms with Crippen molar-refractivity contribution >= 4 is 16.6 Å². The predicted octanol–water partition coefficient (Wildman–Crippen LogP) is 3.63. The summed E-state index contributed by atoms with van der Waals surface area (Å²) in [6, 6.07) is 7.87. The zero-order chi connectivity index (χ0) is 22.1. The van der Waals surface area contributed by atoms with E-state index < -0.39 is 6.43 Å². The van der Waals surface area contributed by atoms with Crippen LogP contribution in [-0.2, 0) is 6.42 Å². The SMILES string of the molecule is FCCCN1CC(Nc2ccc(C3c4ccc5[nH]ncc5c4CCN3CC(F)F)nc2)C1. The lowest BCUT2D eigenvalue weighted by Crippen LogP contribution is -2.54. The Bertz CT molecular complexity index is 1050. The van der Waals surface area contributed by atoms with Crippen molar-refractivity contribution in [3.8, 4) is 0 Å². The summed E-state index contributed by atoms with van der Waals surface area (Å²) in [5.74, 6) is 0. The van der Waals surface area contributed by atoms with E-state index in [9.17, 15) is 13.2 Å². The summed E-state index contributed by atoms with van der Waals surface area (Å²) in [6.07, 6.45) is 2.47. The third kappa shape index (κ3) is 4.19. The van der Waals surface area contributed by atoms with Gasteiger partial charge >= 0.3 is 0 Å². The second-order valence-corrected chi connectivity index (χ2v) is 8.62. The Hall–Kier alpha value is -2.65. The molecule has 170 valence electrons. The van der Waals surface area contributed by atoms with Crippen molar-refractivity contribution in [2.75, 3.05) is 44.7 Å². The number of anilines is 1. The van der Waals surface area contributed by atoms with Crippen molar-refractivity contribution in [3.05, 3.63) is 53.5 Å².